The van der Waals surface area contributed by atoms with Crippen molar-refractivity contribution >= 4 is 11.6 Å². The molecule has 6 heteroatoms. The van der Waals surface area contributed by atoms with Crippen LogP contribution in [0.15, 0.2) is 66.7 Å². The highest BCUT2D eigenvalue weighted by molar-refractivity contribution is 5.95. The maximum absolute atomic E-state index is 13.1. The molecule has 0 unspecified atom stereocenters. The Bertz CT molecular complexity index is 1110. The zero-order valence-electron chi connectivity index (χ0n) is 20.4. The van der Waals surface area contributed by atoms with Crippen molar-refractivity contribution < 1.29 is 14.3 Å². The van der Waals surface area contributed by atoms with Crippen LogP contribution in [0.1, 0.15) is 33.1 Å². The number of rotatable bonds is 8. The van der Waals surface area contributed by atoms with Crippen LogP contribution in [0, 0.1) is 0 Å². The van der Waals surface area contributed by atoms with E-state index in [0.29, 0.717) is 23.6 Å². The molecule has 3 aromatic rings. The van der Waals surface area contributed by atoms with E-state index >= 15 is 0 Å². The van der Waals surface area contributed by atoms with Crippen molar-refractivity contribution in [2.75, 3.05) is 46.3 Å². The topological polar surface area (TPSA) is 54.0 Å². The van der Waals surface area contributed by atoms with Crippen molar-refractivity contribution in [1.29, 1.82) is 0 Å². The van der Waals surface area contributed by atoms with Crippen LogP contribution in [0.5, 0.6) is 11.5 Å². The minimum absolute atomic E-state index is 0.0565. The second-order valence-corrected chi connectivity index (χ2v) is 8.80. The summed E-state index contributed by atoms with van der Waals surface area (Å²) in [5.74, 6) is 1.03. The number of ether oxygens (including phenoxy) is 2. The Morgan fingerprint density at radius 1 is 0.971 bits per heavy atom. The summed E-state index contributed by atoms with van der Waals surface area (Å²) in [6.07, 6.45) is 1.00. The largest absolute Gasteiger partial charge is 0.497 e. The van der Waals surface area contributed by atoms with E-state index in [9.17, 15) is 4.79 Å². The van der Waals surface area contributed by atoms with Crippen molar-refractivity contribution in [2.45, 2.75) is 19.0 Å². The van der Waals surface area contributed by atoms with E-state index in [1.165, 1.54) is 16.7 Å². The molecule has 0 spiro atoms. The van der Waals surface area contributed by atoms with E-state index in [2.05, 4.69) is 63.6 Å². The van der Waals surface area contributed by atoms with Crippen molar-refractivity contribution in [3.8, 4) is 11.5 Å². The highest BCUT2D eigenvalue weighted by Crippen LogP contribution is 2.29. The van der Waals surface area contributed by atoms with Crippen molar-refractivity contribution in [3.05, 3.63) is 89.0 Å². The fourth-order valence-corrected chi connectivity index (χ4v) is 4.47. The van der Waals surface area contributed by atoms with Gasteiger partial charge in [0.15, 0.2) is 0 Å². The fourth-order valence-electron chi connectivity index (χ4n) is 4.47. The Kier molecular flexibility index (Phi) is 7.38. The zero-order chi connectivity index (χ0) is 24.1. The van der Waals surface area contributed by atoms with Gasteiger partial charge in [-0.1, -0.05) is 36.4 Å². The van der Waals surface area contributed by atoms with Gasteiger partial charge in [-0.05, 0) is 47.4 Å². The average Bonchev–Trinajstić information content (AvgIpc) is 2.88. The number of benzene rings is 3. The number of amides is 1. The number of methoxy groups -OCH3 is 2. The standard InChI is InChI=1S/C28H33N3O3/c1-30(2)24-11-9-21(10-12-24)27(31-14-13-20-7-5-6-8-22(20)19-31)18-29-28(32)23-15-25(33-3)17-26(16-23)34-4/h5-12,15-17,27H,13-14,18-19H2,1-4H3,(H,29,32)/t27-/m1/s1. The summed E-state index contributed by atoms with van der Waals surface area (Å²) >= 11 is 0. The molecule has 0 fully saturated rings. The van der Waals surface area contributed by atoms with Gasteiger partial charge in [-0.2, -0.15) is 0 Å². The summed E-state index contributed by atoms with van der Waals surface area (Å²) in [5, 5.41) is 3.16. The molecule has 0 saturated heterocycles. The molecule has 0 saturated carbocycles. The molecule has 1 aliphatic rings. The number of hydrogen-bond donors (Lipinski definition) is 1. The molecular formula is C28H33N3O3. The summed E-state index contributed by atoms with van der Waals surface area (Å²) in [7, 11) is 7.24. The van der Waals surface area contributed by atoms with Crippen LogP contribution in [-0.4, -0.2) is 52.2 Å². The molecule has 1 amide bonds. The maximum atomic E-state index is 13.1. The van der Waals surface area contributed by atoms with Gasteiger partial charge in [0.2, 0.25) is 0 Å². The summed E-state index contributed by atoms with van der Waals surface area (Å²) in [4.78, 5) is 17.6. The molecule has 34 heavy (non-hydrogen) atoms. The summed E-state index contributed by atoms with van der Waals surface area (Å²) in [6.45, 7) is 2.31. The Balaban J connectivity index is 1.57. The Hall–Kier alpha value is -3.51. The van der Waals surface area contributed by atoms with Gasteiger partial charge >= 0.3 is 0 Å². The second-order valence-electron chi connectivity index (χ2n) is 8.80. The molecule has 4 rings (SSSR count). The van der Waals surface area contributed by atoms with Crippen LogP contribution in [0.3, 0.4) is 0 Å². The van der Waals surface area contributed by atoms with Crippen LogP contribution in [0.25, 0.3) is 0 Å². The molecule has 0 aliphatic carbocycles. The lowest BCUT2D eigenvalue weighted by Gasteiger charge is -2.36. The Labute approximate surface area is 202 Å². The first kappa shape index (κ1) is 23.6. The number of carbonyl (C=O) groups excluding carboxylic acids is 1. The fraction of sp³-hybridized carbons (Fsp3) is 0.321. The first-order chi connectivity index (χ1) is 16.5. The lowest BCUT2D eigenvalue weighted by Crippen LogP contribution is -2.40. The monoisotopic (exact) mass is 459 g/mol. The van der Waals surface area contributed by atoms with Gasteiger partial charge in [-0.15, -0.1) is 0 Å². The third-order valence-electron chi connectivity index (χ3n) is 6.46. The van der Waals surface area contributed by atoms with Gasteiger partial charge in [-0.25, -0.2) is 0 Å². The SMILES string of the molecule is COc1cc(OC)cc(C(=O)NC[C@H](c2ccc(N(C)C)cc2)N2CCc3ccccc3C2)c1. The molecule has 6 nitrogen and oxygen atoms in total. The zero-order valence-corrected chi connectivity index (χ0v) is 20.4. The average molecular weight is 460 g/mol. The highest BCUT2D eigenvalue weighted by Gasteiger charge is 2.25. The summed E-state index contributed by atoms with van der Waals surface area (Å²) in [5.41, 5.74) is 5.62. The highest BCUT2D eigenvalue weighted by atomic mass is 16.5. The van der Waals surface area contributed by atoms with E-state index in [0.717, 1.165) is 25.2 Å². The van der Waals surface area contributed by atoms with Crippen LogP contribution in [-0.2, 0) is 13.0 Å². The number of nitrogens with one attached hydrogen (secondary N) is 1. The number of anilines is 1. The van der Waals surface area contributed by atoms with Gasteiger partial charge in [-0.3, -0.25) is 9.69 Å². The van der Waals surface area contributed by atoms with Crippen LogP contribution >= 0.6 is 0 Å². The molecule has 1 N–H and O–H groups in total. The first-order valence-corrected chi connectivity index (χ1v) is 11.6. The van der Waals surface area contributed by atoms with E-state index < -0.39 is 0 Å². The van der Waals surface area contributed by atoms with Gasteiger partial charge in [0.25, 0.3) is 5.91 Å². The number of fused-ring (bicyclic) bond motifs is 1. The normalized spacial score (nSPS) is 14.1. The minimum atomic E-state index is -0.149. The Morgan fingerprint density at radius 3 is 2.24 bits per heavy atom. The molecule has 0 aromatic heterocycles. The third-order valence-corrected chi connectivity index (χ3v) is 6.46. The van der Waals surface area contributed by atoms with Gasteiger partial charge in [0, 0.05) is 51.0 Å². The number of hydrogen-bond acceptors (Lipinski definition) is 5. The van der Waals surface area contributed by atoms with E-state index in [-0.39, 0.29) is 11.9 Å². The maximum Gasteiger partial charge on any atom is 0.251 e. The van der Waals surface area contributed by atoms with E-state index in [4.69, 9.17) is 9.47 Å². The minimum Gasteiger partial charge on any atom is -0.497 e. The summed E-state index contributed by atoms with van der Waals surface area (Å²) in [6, 6.07) is 22.5. The molecule has 1 aliphatic heterocycles. The van der Waals surface area contributed by atoms with Crippen molar-refractivity contribution in [2.24, 2.45) is 0 Å². The van der Waals surface area contributed by atoms with Crippen molar-refractivity contribution in [1.82, 2.24) is 10.2 Å². The van der Waals surface area contributed by atoms with Crippen molar-refractivity contribution in [3.63, 3.8) is 0 Å². The molecule has 1 heterocycles. The molecule has 0 radical (unpaired) electrons. The molecular weight excluding hydrogens is 426 g/mol. The van der Waals surface area contributed by atoms with E-state index in [1.54, 1.807) is 32.4 Å². The number of carbonyl (C=O) groups is 1. The van der Waals surface area contributed by atoms with E-state index in [1.807, 2.05) is 14.1 Å². The number of nitrogens with zero attached hydrogens (tertiary/aromatic N) is 2. The van der Waals surface area contributed by atoms with Gasteiger partial charge < -0.3 is 19.7 Å². The lowest BCUT2D eigenvalue weighted by atomic mass is 9.96. The van der Waals surface area contributed by atoms with Crippen LogP contribution < -0.4 is 19.7 Å². The molecule has 178 valence electrons. The predicted molar refractivity (Wildman–Crippen MR) is 136 cm³/mol. The first-order valence-electron chi connectivity index (χ1n) is 11.6. The smallest absolute Gasteiger partial charge is 0.251 e. The Morgan fingerprint density at radius 2 is 1.62 bits per heavy atom. The third kappa shape index (κ3) is 5.34. The lowest BCUT2D eigenvalue weighted by molar-refractivity contribution is 0.0927. The van der Waals surface area contributed by atoms with Gasteiger partial charge in [0.1, 0.15) is 11.5 Å². The molecule has 1 atom stereocenters. The van der Waals surface area contributed by atoms with Gasteiger partial charge in [0.05, 0.1) is 20.3 Å². The van der Waals surface area contributed by atoms with Crippen LogP contribution in [0.4, 0.5) is 5.69 Å². The molecule has 0 bridgehead atoms. The quantitative estimate of drug-likeness (QED) is 0.544. The van der Waals surface area contributed by atoms with Crippen LogP contribution in [0.2, 0.25) is 0 Å². The predicted octanol–water partition coefficient (Wildman–Crippen LogP) is 4.30. The summed E-state index contributed by atoms with van der Waals surface area (Å²) < 4.78 is 10.7. The molecule has 3 aromatic carbocycles. The second kappa shape index (κ2) is 10.6.